The van der Waals surface area contributed by atoms with E-state index >= 15 is 0 Å². The largest absolute Gasteiger partial charge is 0.457 e. The van der Waals surface area contributed by atoms with E-state index in [1.807, 2.05) is 0 Å². The zero-order valence-corrected chi connectivity index (χ0v) is 48.6. The van der Waals surface area contributed by atoms with Crippen molar-refractivity contribution in [3.8, 4) is 0 Å². The molecule has 14 nitrogen and oxygen atoms in total. The van der Waals surface area contributed by atoms with Gasteiger partial charge >= 0.3 is 5.97 Å². The summed E-state index contributed by atoms with van der Waals surface area (Å²) in [7, 11) is 0. The highest BCUT2D eigenvalue weighted by molar-refractivity contribution is 5.69. The van der Waals surface area contributed by atoms with Gasteiger partial charge in [-0.2, -0.15) is 0 Å². The second-order valence-corrected chi connectivity index (χ2v) is 20.8. The number of carbonyl (C=O) groups excluding carboxylic acids is 1. The highest BCUT2D eigenvalue weighted by Gasteiger charge is 2.47. The molecule has 0 aromatic carbocycles. The smallest absolute Gasteiger partial charge is 0.306 e. The van der Waals surface area contributed by atoms with E-state index in [-0.39, 0.29) is 19.6 Å². The molecule has 0 aromatic heterocycles. The molecule has 2 aliphatic heterocycles. The van der Waals surface area contributed by atoms with Crippen molar-refractivity contribution < 1.29 is 69.0 Å². The molecule has 0 spiro atoms. The average Bonchev–Trinajstić information content (AvgIpc) is 3.46. The maximum atomic E-state index is 13.1. The van der Waals surface area contributed by atoms with Crippen molar-refractivity contribution in [3.63, 3.8) is 0 Å². The number of allylic oxidation sites excluding steroid dienone is 18. The molecule has 2 saturated heterocycles. The van der Waals surface area contributed by atoms with E-state index < -0.39 is 86.7 Å². The Labute approximate surface area is 476 Å². The third-order valence-electron chi connectivity index (χ3n) is 13.8. The third-order valence-corrected chi connectivity index (χ3v) is 13.8. The van der Waals surface area contributed by atoms with Gasteiger partial charge in [-0.1, -0.05) is 194 Å². The highest BCUT2D eigenvalue weighted by Crippen LogP contribution is 2.26. The Morgan fingerprint density at radius 1 is 0.430 bits per heavy atom. The summed E-state index contributed by atoms with van der Waals surface area (Å²) in [5.41, 5.74) is 0. The number of carbonyl (C=O) groups is 1. The molecular weight excluding hydrogens is 1000 g/mol. The van der Waals surface area contributed by atoms with Gasteiger partial charge in [0.2, 0.25) is 0 Å². The van der Waals surface area contributed by atoms with Gasteiger partial charge in [0, 0.05) is 13.0 Å². The topological polar surface area (TPSA) is 214 Å². The molecule has 0 radical (unpaired) electrons. The van der Waals surface area contributed by atoms with Crippen LogP contribution in [0.1, 0.15) is 194 Å². The Morgan fingerprint density at radius 2 is 0.823 bits per heavy atom. The fourth-order valence-electron chi connectivity index (χ4n) is 8.88. The highest BCUT2D eigenvalue weighted by atomic mass is 16.7. The Balaban J connectivity index is 1.72. The van der Waals surface area contributed by atoms with Crippen LogP contribution >= 0.6 is 0 Å². The van der Waals surface area contributed by atoms with E-state index in [2.05, 4.69) is 123 Å². The van der Waals surface area contributed by atoms with Gasteiger partial charge in [0.05, 0.1) is 26.4 Å². The molecule has 79 heavy (non-hydrogen) atoms. The number of aliphatic hydroxyl groups excluding tert-OH is 7. The van der Waals surface area contributed by atoms with Gasteiger partial charge in [0.25, 0.3) is 0 Å². The summed E-state index contributed by atoms with van der Waals surface area (Å²) in [6, 6.07) is 0. The fraction of sp³-hybridized carbons (Fsp3) is 0.708. The SMILES string of the molecule is CC/C=C\C/C=C\C/C=C\C/C=C\C/C=C\C/C=C\C/C=C\CCCCCCOCC(COC1OC(COC2OC(CO)C(O)C(O)C2O)C(O)C(O)C1O)OC(=O)CCCCCCCCCCC/C=C\C/C=C\CCCCC. The van der Waals surface area contributed by atoms with Crippen LogP contribution in [-0.4, -0.2) is 142 Å². The quantitative estimate of drug-likeness (QED) is 0.0172. The monoisotopic (exact) mass is 1110 g/mol. The van der Waals surface area contributed by atoms with Crippen LogP contribution in [0.4, 0.5) is 0 Å². The van der Waals surface area contributed by atoms with Crippen LogP contribution < -0.4 is 0 Å². The molecule has 0 bridgehead atoms. The lowest BCUT2D eigenvalue weighted by Crippen LogP contribution is -2.61. The van der Waals surface area contributed by atoms with Gasteiger partial charge in [-0.3, -0.25) is 4.79 Å². The summed E-state index contributed by atoms with van der Waals surface area (Å²) in [5, 5.41) is 72.4. The lowest BCUT2D eigenvalue weighted by Gasteiger charge is -2.42. The maximum Gasteiger partial charge on any atom is 0.306 e. The zero-order valence-electron chi connectivity index (χ0n) is 48.6. The van der Waals surface area contributed by atoms with Crippen molar-refractivity contribution in [1.29, 1.82) is 0 Å². The van der Waals surface area contributed by atoms with Gasteiger partial charge in [-0.25, -0.2) is 0 Å². The summed E-state index contributed by atoms with van der Waals surface area (Å²) in [6.07, 6.45) is 52.8. The van der Waals surface area contributed by atoms with Crippen molar-refractivity contribution in [1.82, 2.24) is 0 Å². The van der Waals surface area contributed by atoms with Crippen LogP contribution in [0.3, 0.4) is 0 Å². The van der Waals surface area contributed by atoms with Crippen LogP contribution in [0.25, 0.3) is 0 Å². The van der Waals surface area contributed by atoms with E-state index in [1.165, 1.54) is 57.8 Å². The molecule has 2 heterocycles. The normalized spacial score (nSPS) is 24.8. The molecule has 7 N–H and O–H groups in total. The van der Waals surface area contributed by atoms with Crippen LogP contribution in [-0.2, 0) is 33.2 Å². The molecule has 2 rings (SSSR count). The minimum Gasteiger partial charge on any atom is -0.457 e. The second-order valence-electron chi connectivity index (χ2n) is 20.8. The molecule has 2 aliphatic rings. The number of aliphatic hydroxyl groups is 7. The Kier molecular flexibility index (Phi) is 45.8. The first-order chi connectivity index (χ1) is 38.6. The number of ether oxygens (including phenoxy) is 6. The van der Waals surface area contributed by atoms with Crippen molar-refractivity contribution in [2.45, 2.75) is 261 Å². The molecule has 14 heteroatoms. The molecule has 2 fully saturated rings. The van der Waals surface area contributed by atoms with E-state index in [9.17, 15) is 40.5 Å². The first-order valence-corrected chi connectivity index (χ1v) is 30.5. The molecule has 0 amide bonds. The van der Waals surface area contributed by atoms with Crippen LogP contribution in [0.15, 0.2) is 109 Å². The van der Waals surface area contributed by atoms with Gasteiger partial charge in [-0.05, 0) is 103 Å². The summed E-state index contributed by atoms with van der Waals surface area (Å²) < 4.78 is 34.4. The average molecular weight is 1110 g/mol. The lowest BCUT2D eigenvalue weighted by molar-refractivity contribution is -0.332. The molecule has 11 atom stereocenters. The summed E-state index contributed by atoms with van der Waals surface area (Å²) in [4.78, 5) is 13.1. The van der Waals surface area contributed by atoms with Crippen LogP contribution in [0, 0.1) is 0 Å². The minimum atomic E-state index is -1.72. The van der Waals surface area contributed by atoms with E-state index in [0.29, 0.717) is 13.0 Å². The summed E-state index contributed by atoms with van der Waals surface area (Å²) >= 11 is 0. The Bertz CT molecular complexity index is 1720. The van der Waals surface area contributed by atoms with Crippen molar-refractivity contribution in [3.05, 3.63) is 109 Å². The number of esters is 1. The van der Waals surface area contributed by atoms with Gasteiger partial charge in [-0.15, -0.1) is 0 Å². The zero-order chi connectivity index (χ0) is 57.2. The predicted octanol–water partition coefficient (Wildman–Crippen LogP) is 11.5. The molecule has 0 aromatic rings. The summed E-state index contributed by atoms with van der Waals surface area (Å²) in [5.74, 6) is -0.394. The van der Waals surface area contributed by atoms with E-state index in [0.717, 1.165) is 109 Å². The Morgan fingerprint density at radius 3 is 1.29 bits per heavy atom. The Hall–Kier alpha value is -3.35. The molecule has 11 unspecified atom stereocenters. The second kappa shape index (κ2) is 50.4. The number of rotatable bonds is 48. The third kappa shape index (κ3) is 36.7. The molecule has 0 aliphatic carbocycles. The van der Waals surface area contributed by atoms with Crippen LogP contribution in [0.5, 0.6) is 0 Å². The van der Waals surface area contributed by atoms with Gasteiger partial charge < -0.3 is 64.2 Å². The number of hydrogen-bond acceptors (Lipinski definition) is 14. The molecular formula is C65H108O14. The molecule has 0 saturated carbocycles. The first kappa shape index (κ1) is 71.8. The van der Waals surface area contributed by atoms with Crippen molar-refractivity contribution in [2.75, 3.05) is 33.0 Å². The van der Waals surface area contributed by atoms with Crippen molar-refractivity contribution >= 4 is 5.97 Å². The van der Waals surface area contributed by atoms with Gasteiger partial charge in [0.1, 0.15) is 54.9 Å². The maximum absolute atomic E-state index is 13.1. The fourth-order valence-corrected chi connectivity index (χ4v) is 8.88. The summed E-state index contributed by atoms with van der Waals surface area (Å²) in [6.45, 7) is 3.47. The van der Waals surface area contributed by atoms with Crippen molar-refractivity contribution in [2.24, 2.45) is 0 Å². The van der Waals surface area contributed by atoms with Gasteiger partial charge in [0.15, 0.2) is 12.6 Å². The van der Waals surface area contributed by atoms with E-state index in [1.54, 1.807) is 0 Å². The first-order valence-electron chi connectivity index (χ1n) is 30.5. The standard InChI is InChI=1S/C65H108O14/c1-3-5-7-9-11-13-15-17-19-21-23-24-25-26-27-28-29-31-33-35-37-39-41-43-45-47-49-74-51-54(77-57(67)48-46-44-42-40-38-36-34-32-30-22-20-18-16-14-12-10-8-6-4-2)52-75-64-63(73)61(71)59(69)56(79-64)53-76-65-62(72)60(70)58(68)55(50-66)78-65/h5,7,11-14,17-20,23-24,26-27,29,31,35,37,54-56,58-66,68-73H,3-4,6,8-10,15-16,21-22,25,28,30,32-34,36,38-53H2,1-2H3/b7-5-,13-11-,14-12-,19-17-,20-18-,24-23-,27-26-,31-29-,37-35-. The molecule has 452 valence electrons. The lowest BCUT2D eigenvalue weighted by atomic mass is 9.98. The number of unbranched alkanes of at least 4 members (excludes halogenated alkanes) is 16. The number of hydrogen-bond donors (Lipinski definition) is 7. The minimum absolute atomic E-state index is 0.0353. The predicted molar refractivity (Wildman–Crippen MR) is 316 cm³/mol. The van der Waals surface area contributed by atoms with Crippen LogP contribution in [0.2, 0.25) is 0 Å². The van der Waals surface area contributed by atoms with E-state index in [4.69, 9.17) is 28.4 Å².